The molecule has 1 aromatic carbocycles. The lowest BCUT2D eigenvalue weighted by Crippen LogP contribution is -2.43. The first-order valence-corrected chi connectivity index (χ1v) is 7.87. The molecule has 1 fully saturated rings. The van der Waals surface area contributed by atoms with Crippen molar-refractivity contribution in [2.24, 2.45) is 0 Å². The van der Waals surface area contributed by atoms with E-state index >= 15 is 0 Å². The number of rotatable bonds is 3. The van der Waals surface area contributed by atoms with Gasteiger partial charge < -0.3 is 4.74 Å². The van der Waals surface area contributed by atoms with Crippen LogP contribution in [0.2, 0.25) is 0 Å². The zero-order valence-electron chi connectivity index (χ0n) is 11.1. The number of aromatic amines is 1. The molecule has 2 aromatic rings. The number of nitrogens with zero attached hydrogens (tertiary/aromatic N) is 2. The molecule has 21 heavy (non-hydrogen) atoms. The highest BCUT2D eigenvalue weighted by molar-refractivity contribution is 7.89. The summed E-state index contributed by atoms with van der Waals surface area (Å²) in [6.45, 7) is 0.748. The smallest absolute Gasteiger partial charge is 0.243 e. The van der Waals surface area contributed by atoms with Crippen molar-refractivity contribution in [2.45, 2.75) is 10.9 Å². The maximum Gasteiger partial charge on any atom is 0.243 e. The fraction of sp³-hybridized carbons (Fsp3) is 0.308. The molecule has 1 aromatic heterocycles. The van der Waals surface area contributed by atoms with Crippen LogP contribution in [-0.4, -0.2) is 42.7 Å². The maximum atomic E-state index is 13.3. The monoisotopic (exact) mass is 311 g/mol. The lowest BCUT2D eigenvalue weighted by molar-refractivity contribution is 0.0305. The molecule has 0 bridgehead atoms. The van der Waals surface area contributed by atoms with Crippen molar-refractivity contribution in [1.29, 1.82) is 0 Å². The minimum absolute atomic E-state index is 0.0612. The van der Waals surface area contributed by atoms with Crippen LogP contribution < -0.4 is 0 Å². The van der Waals surface area contributed by atoms with Crippen LogP contribution in [0.5, 0.6) is 0 Å². The molecule has 0 aliphatic carbocycles. The number of halogens is 1. The van der Waals surface area contributed by atoms with Crippen LogP contribution in [-0.2, 0) is 14.8 Å². The molecule has 1 atom stereocenters. The van der Waals surface area contributed by atoms with Crippen molar-refractivity contribution in [2.75, 3.05) is 19.8 Å². The zero-order chi connectivity index (χ0) is 14.9. The normalized spacial score (nSPS) is 20.5. The van der Waals surface area contributed by atoms with E-state index < -0.39 is 21.9 Å². The quantitative estimate of drug-likeness (QED) is 0.927. The fourth-order valence-corrected chi connectivity index (χ4v) is 3.94. The molecule has 1 aliphatic rings. The maximum absolute atomic E-state index is 13.3. The van der Waals surface area contributed by atoms with Gasteiger partial charge in [0.05, 0.1) is 29.8 Å². The molecule has 0 saturated carbocycles. The van der Waals surface area contributed by atoms with Gasteiger partial charge in [-0.1, -0.05) is 6.07 Å². The molecule has 3 rings (SSSR count). The van der Waals surface area contributed by atoms with Crippen molar-refractivity contribution in [3.63, 3.8) is 0 Å². The Hall–Kier alpha value is -1.77. The number of sulfonamides is 1. The van der Waals surface area contributed by atoms with Gasteiger partial charge >= 0.3 is 0 Å². The van der Waals surface area contributed by atoms with E-state index in [0.717, 1.165) is 6.07 Å². The summed E-state index contributed by atoms with van der Waals surface area (Å²) in [7, 11) is -3.79. The molecular formula is C13H14FN3O3S. The number of nitrogens with one attached hydrogen (secondary N) is 1. The minimum atomic E-state index is -3.79. The summed E-state index contributed by atoms with van der Waals surface area (Å²) in [6.07, 6.45) is 1.55. The summed E-state index contributed by atoms with van der Waals surface area (Å²) >= 11 is 0. The van der Waals surface area contributed by atoms with Gasteiger partial charge in [0.15, 0.2) is 0 Å². The Labute approximate surface area is 121 Å². The molecule has 1 saturated heterocycles. The van der Waals surface area contributed by atoms with Crippen molar-refractivity contribution in [3.05, 3.63) is 48.0 Å². The van der Waals surface area contributed by atoms with Crippen LogP contribution in [0, 0.1) is 5.82 Å². The molecule has 8 heteroatoms. The van der Waals surface area contributed by atoms with Crippen LogP contribution >= 0.6 is 0 Å². The first-order chi connectivity index (χ1) is 10.1. The van der Waals surface area contributed by atoms with Gasteiger partial charge in [0, 0.05) is 12.7 Å². The highest BCUT2D eigenvalue weighted by Crippen LogP contribution is 2.29. The van der Waals surface area contributed by atoms with E-state index in [9.17, 15) is 12.8 Å². The zero-order valence-corrected chi connectivity index (χ0v) is 11.9. The molecule has 0 radical (unpaired) electrons. The summed E-state index contributed by atoms with van der Waals surface area (Å²) in [5, 5.41) is 6.60. The van der Waals surface area contributed by atoms with Crippen molar-refractivity contribution < 1.29 is 17.5 Å². The average molecular weight is 311 g/mol. The third-order valence-electron chi connectivity index (χ3n) is 3.36. The second-order valence-corrected chi connectivity index (χ2v) is 6.57. The molecule has 1 aliphatic heterocycles. The van der Waals surface area contributed by atoms with Gasteiger partial charge in [-0.3, -0.25) is 5.10 Å². The Morgan fingerprint density at radius 2 is 2.24 bits per heavy atom. The lowest BCUT2D eigenvalue weighted by Gasteiger charge is -2.33. The van der Waals surface area contributed by atoms with Crippen LogP contribution in [0.1, 0.15) is 11.7 Å². The Morgan fingerprint density at radius 1 is 1.38 bits per heavy atom. The SMILES string of the molecule is O=S(=O)(c1cccc(F)c1)N1CCOC[C@@H]1c1ccn[nH]1. The van der Waals surface area contributed by atoms with Crippen molar-refractivity contribution in [3.8, 4) is 0 Å². The Balaban J connectivity index is 1.99. The number of ether oxygens (including phenoxy) is 1. The van der Waals surface area contributed by atoms with E-state index in [0.29, 0.717) is 12.3 Å². The second kappa shape index (κ2) is 5.55. The average Bonchev–Trinajstić information content (AvgIpc) is 3.01. The van der Waals surface area contributed by atoms with E-state index in [1.165, 1.54) is 22.5 Å². The molecule has 6 nitrogen and oxygen atoms in total. The van der Waals surface area contributed by atoms with Crippen LogP contribution in [0.25, 0.3) is 0 Å². The van der Waals surface area contributed by atoms with E-state index in [1.807, 2.05) is 0 Å². The van der Waals surface area contributed by atoms with E-state index in [-0.39, 0.29) is 18.0 Å². The number of aromatic nitrogens is 2. The Morgan fingerprint density at radius 3 is 2.95 bits per heavy atom. The molecule has 2 heterocycles. The lowest BCUT2D eigenvalue weighted by atomic mass is 10.2. The van der Waals surface area contributed by atoms with Gasteiger partial charge in [-0.2, -0.15) is 9.40 Å². The van der Waals surface area contributed by atoms with Crippen LogP contribution in [0.15, 0.2) is 41.4 Å². The highest BCUT2D eigenvalue weighted by atomic mass is 32.2. The minimum Gasteiger partial charge on any atom is -0.378 e. The summed E-state index contributed by atoms with van der Waals surface area (Å²) in [5.74, 6) is -0.581. The summed E-state index contributed by atoms with van der Waals surface area (Å²) in [4.78, 5) is -0.0612. The van der Waals surface area contributed by atoms with Gasteiger partial charge in [0.1, 0.15) is 5.82 Å². The topological polar surface area (TPSA) is 75.3 Å². The standard InChI is InChI=1S/C13H14FN3O3S/c14-10-2-1-3-11(8-10)21(18,19)17-6-7-20-9-13(17)12-4-5-15-16-12/h1-5,8,13H,6-7,9H2,(H,15,16)/t13-/m1/s1. The second-order valence-electron chi connectivity index (χ2n) is 4.68. The Bertz CT molecular complexity index is 718. The highest BCUT2D eigenvalue weighted by Gasteiger charge is 2.35. The molecule has 1 N–H and O–H groups in total. The third kappa shape index (κ3) is 2.69. The first kappa shape index (κ1) is 14.2. The van der Waals surface area contributed by atoms with E-state index in [2.05, 4.69) is 10.2 Å². The van der Waals surface area contributed by atoms with Gasteiger partial charge in [-0.25, -0.2) is 12.8 Å². The summed E-state index contributed by atoms with van der Waals surface area (Å²) in [5.41, 5.74) is 0.648. The van der Waals surface area contributed by atoms with Crippen LogP contribution in [0.3, 0.4) is 0 Å². The molecular weight excluding hydrogens is 297 g/mol. The van der Waals surface area contributed by atoms with Gasteiger partial charge in [0.25, 0.3) is 0 Å². The van der Waals surface area contributed by atoms with Gasteiger partial charge in [-0.05, 0) is 24.3 Å². The predicted octanol–water partition coefficient (Wildman–Crippen LogP) is 1.31. The van der Waals surface area contributed by atoms with E-state index in [1.54, 1.807) is 12.3 Å². The summed E-state index contributed by atoms with van der Waals surface area (Å²) < 4.78 is 45.4. The number of hydrogen-bond acceptors (Lipinski definition) is 4. The molecule has 0 spiro atoms. The molecule has 0 amide bonds. The number of H-pyrrole nitrogens is 1. The fourth-order valence-electron chi connectivity index (χ4n) is 2.34. The number of hydrogen-bond donors (Lipinski definition) is 1. The van der Waals surface area contributed by atoms with E-state index in [4.69, 9.17) is 4.74 Å². The number of morpholine rings is 1. The van der Waals surface area contributed by atoms with Crippen LogP contribution in [0.4, 0.5) is 4.39 Å². The Kier molecular flexibility index (Phi) is 3.75. The molecule has 112 valence electrons. The number of benzene rings is 1. The van der Waals surface area contributed by atoms with Crippen molar-refractivity contribution in [1.82, 2.24) is 14.5 Å². The predicted molar refractivity (Wildman–Crippen MR) is 72.4 cm³/mol. The van der Waals surface area contributed by atoms with Gasteiger partial charge in [-0.15, -0.1) is 0 Å². The largest absolute Gasteiger partial charge is 0.378 e. The molecule has 0 unspecified atom stereocenters. The third-order valence-corrected chi connectivity index (χ3v) is 5.27. The summed E-state index contributed by atoms with van der Waals surface area (Å²) in [6, 6.07) is 6.22. The van der Waals surface area contributed by atoms with Crippen molar-refractivity contribution >= 4 is 10.0 Å². The first-order valence-electron chi connectivity index (χ1n) is 6.43. The van der Waals surface area contributed by atoms with Gasteiger partial charge in [0.2, 0.25) is 10.0 Å².